The number of aromatic nitrogens is 1. The van der Waals surface area contributed by atoms with Crippen molar-refractivity contribution < 1.29 is 21.8 Å². The van der Waals surface area contributed by atoms with E-state index in [2.05, 4.69) is 21.2 Å². The zero-order chi connectivity index (χ0) is 13.8. The van der Waals surface area contributed by atoms with Crippen LogP contribution in [0.5, 0.6) is 0 Å². The Kier molecular flexibility index (Phi) is 6.17. The minimum atomic E-state index is -0.0319. The Hall–Kier alpha value is -1.39. The van der Waals surface area contributed by atoms with E-state index in [1.165, 1.54) is 5.56 Å². The predicted octanol–water partition coefficient (Wildman–Crippen LogP) is -0.00386. The van der Waals surface area contributed by atoms with Crippen LogP contribution in [0.25, 0.3) is 0 Å². The van der Waals surface area contributed by atoms with E-state index in [9.17, 15) is 4.79 Å². The number of amides is 1. The van der Waals surface area contributed by atoms with Gasteiger partial charge in [0.1, 0.15) is 0 Å². The van der Waals surface area contributed by atoms with Crippen molar-refractivity contribution in [1.82, 2.24) is 0 Å². The highest BCUT2D eigenvalue weighted by Gasteiger charge is 2.09. The molecule has 0 aliphatic rings. The van der Waals surface area contributed by atoms with E-state index in [4.69, 9.17) is 0 Å². The molecule has 0 radical (unpaired) electrons. The summed E-state index contributed by atoms with van der Waals surface area (Å²) in [7, 11) is 0. The van der Waals surface area contributed by atoms with Crippen LogP contribution in [0.2, 0.25) is 0 Å². The Labute approximate surface area is 133 Å². The summed E-state index contributed by atoms with van der Waals surface area (Å²) in [6.45, 7) is 4.33. The number of anilines is 1. The topological polar surface area (TPSA) is 33.0 Å². The molecule has 1 heterocycles. The molecule has 3 nitrogen and oxygen atoms in total. The lowest BCUT2D eigenvalue weighted by atomic mass is 10.2. The minimum absolute atomic E-state index is 0. The van der Waals surface area contributed by atoms with Gasteiger partial charge in [0, 0.05) is 22.3 Å². The maximum Gasteiger partial charge on any atom is 0.290 e. The van der Waals surface area contributed by atoms with Crippen molar-refractivity contribution in [3.05, 3.63) is 58.3 Å². The molecular weight excluding hydrogens is 340 g/mol. The summed E-state index contributed by atoms with van der Waals surface area (Å²) in [6.07, 6.45) is 3.81. The summed E-state index contributed by atoms with van der Waals surface area (Å²) in [6, 6.07) is 9.73. The Bertz CT molecular complexity index is 599. The van der Waals surface area contributed by atoms with E-state index in [-0.39, 0.29) is 18.3 Å². The quantitative estimate of drug-likeness (QED) is 0.772. The van der Waals surface area contributed by atoms with Crippen molar-refractivity contribution >= 4 is 27.5 Å². The number of pyridine rings is 1. The van der Waals surface area contributed by atoms with E-state index in [0.29, 0.717) is 6.54 Å². The molecule has 1 amide bonds. The molecule has 106 valence electrons. The molecule has 0 saturated heterocycles. The Balaban J connectivity index is 0.00000200. The molecule has 0 saturated carbocycles. The average molecular weight is 356 g/mol. The van der Waals surface area contributed by atoms with Gasteiger partial charge in [0.2, 0.25) is 6.54 Å². The van der Waals surface area contributed by atoms with Gasteiger partial charge in [-0.3, -0.25) is 4.79 Å². The van der Waals surface area contributed by atoms with Crippen LogP contribution < -0.4 is 22.3 Å². The number of nitrogens with one attached hydrogen (secondary N) is 1. The zero-order valence-corrected chi connectivity index (χ0v) is 13.7. The van der Waals surface area contributed by atoms with Gasteiger partial charge in [0.25, 0.3) is 5.91 Å². The number of aryl methyl sites for hydroxylation is 2. The SMILES string of the molecule is Cc1cc[n+](CC(=O)Nc2ccc(Br)c(C)c2)cc1.[Cl-]. The van der Waals surface area contributed by atoms with Gasteiger partial charge in [-0.1, -0.05) is 15.9 Å². The van der Waals surface area contributed by atoms with Gasteiger partial charge >= 0.3 is 0 Å². The number of carbonyl (C=O) groups is 1. The molecule has 0 aliphatic carbocycles. The summed E-state index contributed by atoms with van der Waals surface area (Å²) in [5.41, 5.74) is 3.10. The number of hydrogen-bond acceptors (Lipinski definition) is 1. The highest BCUT2D eigenvalue weighted by Crippen LogP contribution is 2.19. The molecule has 2 aromatic rings. The second kappa shape index (κ2) is 7.41. The van der Waals surface area contributed by atoms with Crippen LogP contribution in [0.15, 0.2) is 47.2 Å². The van der Waals surface area contributed by atoms with Gasteiger partial charge < -0.3 is 17.7 Å². The molecule has 2 rings (SSSR count). The Morgan fingerprint density at radius 1 is 1.20 bits per heavy atom. The maximum absolute atomic E-state index is 11.9. The standard InChI is InChI=1S/C15H15BrN2O.ClH/c1-11-5-7-18(8-6-11)10-15(19)17-13-3-4-14(16)12(2)9-13;/h3-9H,10H2,1-2H3;1H. The van der Waals surface area contributed by atoms with Crippen LogP contribution in [0.1, 0.15) is 11.1 Å². The van der Waals surface area contributed by atoms with Gasteiger partial charge in [0.15, 0.2) is 12.4 Å². The van der Waals surface area contributed by atoms with Crippen molar-refractivity contribution in [2.45, 2.75) is 20.4 Å². The number of halogens is 2. The molecule has 5 heteroatoms. The number of rotatable bonds is 3. The third-order valence-corrected chi connectivity index (χ3v) is 3.72. The molecule has 0 atom stereocenters. The minimum Gasteiger partial charge on any atom is -1.00 e. The fraction of sp³-hybridized carbons (Fsp3) is 0.200. The first-order valence-corrected chi connectivity index (χ1v) is 6.85. The molecule has 1 aromatic carbocycles. The van der Waals surface area contributed by atoms with E-state index in [1.54, 1.807) is 0 Å². The van der Waals surface area contributed by atoms with Gasteiger partial charge in [0.05, 0.1) is 0 Å². The normalized spacial score (nSPS) is 9.75. The smallest absolute Gasteiger partial charge is 0.290 e. The number of hydrogen-bond donors (Lipinski definition) is 1. The van der Waals surface area contributed by atoms with Crippen molar-refractivity contribution in [2.75, 3.05) is 5.32 Å². The molecule has 20 heavy (non-hydrogen) atoms. The van der Waals surface area contributed by atoms with E-state index in [1.807, 2.05) is 61.1 Å². The van der Waals surface area contributed by atoms with Crippen LogP contribution in [0, 0.1) is 13.8 Å². The summed E-state index contributed by atoms with van der Waals surface area (Å²) >= 11 is 3.44. The molecular formula is C15H16BrClN2O. The predicted molar refractivity (Wildman–Crippen MR) is 78.9 cm³/mol. The van der Waals surface area contributed by atoms with Crippen LogP contribution in [0.4, 0.5) is 5.69 Å². The molecule has 1 aromatic heterocycles. The molecule has 0 bridgehead atoms. The van der Waals surface area contributed by atoms with Crippen LogP contribution in [-0.4, -0.2) is 5.91 Å². The lowest BCUT2D eigenvalue weighted by Crippen LogP contribution is -3.00. The molecule has 0 unspecified atom stereocenters. The van der Waals surface area contributed by atoms with E-state index < -0.39 is 0 Å². The van der Waals surface area contributed by atoms with Crippen molar-refractivity contribution in [1.29, 1.82) is 0 Å². The average Bonchev–Trinajstić information content (AvgIpc) is 2.37. The maximum atomic E-state index is 11.9. The zero-order valence-electron chi connectivity index (χ0n) is 11.4. The Morgan fingerprint density at radius 2 is 1.85 bits per heavy atom. The second-order valence-corrected chi connectivity index (χ2v) is 5.41. The summed E-state index contributed by atoms with van der Waals surface area (Å²) < 4.78 is 2.90. The fourth-order valence-corrected chi connectivity index (χ4v) is 1.97. The summed E-state index contributed by atoms with van der Waals surface area (Å²) in [4.78, 5) is 11.9. The highest BCUT2D eigenvalue weighted by molar-refractivity contribution is 9.10. The molecule has 0 fully saturated rings. The summed E-state index contributed by atoms with van der Waals surface area (Å²) in [5, 5.41) is 2.89. The third kappa shape index (κ3) is 4.62. The Morgan fingerprint density at radius 3 is 2.45 bits per heavy atom. The van der Waals surface area contributed by atoms with E-state index in [0.717, 1.165) is 15.7 Å². The number of carbonyl (C=O) groups excluding carboxylic acids is 1. The van der Waals surface area contributed by atoms with Crippen LogP contribution >= 0.6 is 15.9 Å². The monoisotopic (exact) mass is 354 g/mol. The van der Waals surface area contributed by atoms with Crippen molar-refractivity contribution in [3.63, 3.8) is 0 Å². The molecule has 0 aliphatic heterocycles. The first kappa shape index (κ1) is 16.7. The van der Waals surface area contributed by atoms with Gasteiger partial charge in [-0.2, -0.15) is 4.57 Å². The van der Waals surface area contributed by atoms with Gasteiger partial charge in [-0.25, -0.2) is 0 Å². The third-order valence-electron chi connectivity index (χ3n) is 2.83. The lowest BCUT2D eigenvalue weighted by Gasteiger charge is -2.05. The summed E-state index contributed by atoms with van der Waals surface area (Å²) in [5.74, 6) is -0.0319. The second-order valence-electron chi connectivity index (χ2n) is 4.56. The van der Waals surface area contributed by atoms with E-state index >= 15 is 0 Å². The van der Waals surface area contributed by atoms with Crippen LogP contribution in [0.3, 0.4) is 0 Å². The lowest BCUT2D eigenvalue weighted by molar-refractivity contribution is -0.684. The van der Waals surface area contributed by atoms with Gasteiger partial charge in [-0.15, -0.1) is 0 Å². The largest absolute Gasteiger partial charge is 1.00 e. The number of nitrogens with zero attached hydrogens (tertiary/aromatic N) is 1. The van der Waals surface area contributed by atoms with Crippen molar-refractivity contribution in [3.8, 4) is 0 Å². The first-order valence-electron chi connectivity index (χ1n) is 6.06. The molecule has 0 spiro atoms. The van der Waals surface area contributed by atoms with Crippen molar-refractivity contribution in [2.24, 2.45) is 0 Å². The fourth-order valence-electron chi connectivity index (χ4n) is 1.73. The van der Waals surface area contributed by atoms with Gasteiger partial charge in [-0.05, 0) is 43.2 Å². The van der Waals surface area contributed by atoms with Crippen LogP contribution in [-0.2, 0) is 11.3 Å². The number of benzene rings is 1. The first-order chi connectivity index (χ1) is 9.04. The highest BCUT2D eigenvalue weighted by atomic mass is 79.9. The molecule has 1 N–H and O–H groups in total.